The Kier molecular flexibility index (Phi) is 5.51. The number of amides is 1. The Morgan fingerprint density at radius 3 is 2.26 bits per heavy atom. The number of carboxylic acid groups (broad SMARTS) is 1. The van der Waals surface area contributed by atoms with Crippen LogP contribution in [0.4, 0.5) is 0 Å². The van der Waals surface area contributed by atoms with Gasteiger partial charge in [0, 0.05) is 12.1 Å². The molecule has 1 aromatic carbocycles. The summed E-state index contributed by atoms with van der Waals surface area (Å²) < 4.78 is 0. The monoisotopic (exact) mass is 264 g/mol. The lowest BCUT2D eigenvalue weighted by molar-refractivity contribution is -0.139. The molecule has 0 heterocycles. The van der Waals surface area contributed by atoms with Crippen LogP contribution in [0.25, 0.3) is 0 Å². The van der Waals surface area contributed by atoms with Crippen molar-refractivity contribution in [2.24, 2.45) is 0 Å². The highest BCUT2D eigenvalue weighted by atomic mass is 16.4. The Labute approximate surface area is 113 Å². The van der Waals surface area contributed by atoms with Crippen LogP contribution in [-0.4, -0.2) is 42.0 Å². The number of carbonyl (C=O) groups excluding carboxylic acids is 1. The lowest BCUT2D eigenvalue weighted by atomic mass is 10.1. The van der Waals surface area contributed by atoms with Crippen LogP contribution in [0.1, 0.15) is 29.3 Å². The second-order valence-corrected chi connectivity index (χ2v) is 4.71. The fraction of sp³-hybridized carbons (Fsp3) is 0.429. The van der Waals surface area contributed by atoms with Crippen molar-refractivity contribution in [3.05, 3.63) is 35.4 Å². The molecule has 0 aliphatic carbocycles. The highest BCUT2D eigenvalue weighted by molar-refractivity contribution is 5.96. The smallest absolute Gasteiger partial charge is 0.326 e. The molecule has 0 fully saturated rings. The van der Waals surface area contributed by atoms with Crippen molar-refractivity contribution < 1.29 is 14.7 Å². The predicted molar refractivity (Wildman–Crippen MR) is 73.0 cm³/mol. The third-order valence-corrected chi connectivity index (χ3v) is 2.73. The van der Waals surface area contributed by atoms with Gasteiger partial charge in [-0.1, -0.05) is 19.1 Å². The van der Waals surface area contributed by atoms with Gasteiger partial charge in [0.25, 0.3) is 5.91 Å². The molecule has 1 rings (SSSR count). The van der Waals surface area contributed by atoms with E-state index in [-0.39, 0.29) is 5.91 Å². The number of hydrogen-bond acceptors (Lipinski definition) is 3. The lowest BCUT2D eigenvalue weighted by Crippen LogP contribution is -2.40. The fourth-order valence-corrected chi connectivity index (χ4v) is 1.71. The molecule has 104 valence electrons. The first-order valence-electron chi connectivity index (χ1n) is 6.21. The van der Waals surface area contributed by atoms with Crippen LogP contribution in [0.15, 0.2) is 24.3 Å². The normalized spacial score (nSPS) is 12.2. The van der Waals surface area contributed by atoms with Crippen molar-refractivity contribution in [3.63, 3.8) is 0 Å². The zero-order chi connectivity index (χ0) is 14.4. The Morgan fingerprint density at radius 2 is 1.84 bits per heavy atom. The Balaban J connectivity index is 2.70. The molecule has 0 aromatic heterocycles. The second-order valence-electron chi connectivity index (χ2n) is 4.71. The van der Waals surface area contributed by atoms with Crippen molar-refractivity contribution in [1.29, 1.82) is 0 Å². The molecule has 0 spiro atoms. The third-order valence-electron chi connectivity index (χ3n) is 2.73. The lowest BCUT2D eigenvalue weighted by Gasteiger charge is -2.13. The molecule has 0 unspecified atom stereocenters. The summed E-state index contributed by atoms with van der Waals surface area (Å²) in [6, 6.07) is 6.33. The van der Waals surface area contributed by atoms with Crippen molar-refractivity contribution in [2.45, 2.75) is 25.9 Å². The molecule has 0 aliphatic heterocycles. The molecule has 1 atom stereocenters. The first-order valence-corrected chi connectivity index (χ1v) is 6.21. The van der Waals surface area contributed by atoms with Gasteiger partial charge in [-0.2, -0.15) is 0 Å². The van der Waals surface area contributed by atoms with E-state index in [0.717, 1.165) is 12.1 Å². The minimum Gasteiger partial charge on any atom is -0.480 e. The average molecular weight is 264 g/mol. The molecule has 0 bridgehead atoms. The summed E-state index contributed by atoms with van der Waals surface area (Å²) in [5.74, 6) is -1.37. The van der Waals surface area contributed by atoms with Crippen LogP contribution < -0.4 is 5.32 Å². The van der Waals surface area contributed by atoms with Crippen molar-refractivity contribution in [1.82, 2.24) is 10.2 Å². The van der Waals surface area contributed by atoms with Crippen LogP contribution in [-0.2, 0) is 11.3 Å². The van der Waals surface area contributed by atoms with E-state index in [1.54, 1.807) is 19.1 Å². The summed E-state index contributed by atoms with van der Waals surface area (Å²) in [4.78, 5) is 24.8. The SMILES string of the molecule is CC[C@@H](NC(=O)c1ccc(CN(C)C)cc1)C(=O)O. The Bertz CT molecular complexity index is 441. The van der Waals surface area contributed by atoms with Gasteiger partial charge in [0.05, 0.1) is 0 Å². The van der Waals surface area contributed by atoms with E-state index < -0.39 is 12.0 Å². The molecule has 5 nitrogen and oxygen atoms in total. The summed E-state index contributed by atoms with van der Waals surface area (Å²) >= 11 is 0. The van der Waals surface area contributed by atoms with Crippen molar-refractivity contribution in [3.8, 4) is 0 Å². The highest BCUT2D eigenvalue weighted by Crippen LogP contribution is 2.07. The van der Waals surface area contributed by atoms with Gasteiger partial charge in [-0.25, -0.2) is 4.79 Å². The number of benzene rings is 1. The number of rotatable bonds is 6. The molecule has 0 saturated carbocycles. The summed E-state index contributed by atoms with van der Waals surface area (Å²) in [5, 5.41) is 11.4. The average Bonchev–Trinajstić information content (AvgIpc) is 2.35. The van der Waals surface area contributed by atoms with Gasteiger partial charge in [0.1, 0.15) is 6.04 Å². The van der Waals surface area contributed by atoms with E-state index in [1.807, 2.05) is 31.1 Å². The molecule has 0 radical (unpaired) electrons. The number of aliphatic carboxylic acids is 1. The van der Waals surface area contributed by atoms with Gasteiger partial charge in [0.2, 0.25) is 0 Å². The van der Waals surface area contributed by atoms with Crippen LogP contribution in [0.3, 0.4) is 0 Å². The Morgan fingerprint density at radius 1 is 1.26 bits per heavy atom. The molecular weight excluding hydrogens is 244 g/mol. The molecule has 19 heavy (non-hydrogen) atoms. The molecule has 0 saturated heterocycles. The number of carboxylic acids is 1. The summed E-state index contributed by atoms with van der Waals surface area (Å²) in [5.41, 5.74) is 1.58. The topological polar surface area (TPSA) is 69.6 Å². The molecule has 5 heteroatoms. The van der Waals surface area contributed by atoms with E-state index in [2.05, 4.69) is 5.32 Å². The quantitative estimate of drug-likeness (QED) is 0.813. The first-order chi connectivity index (χ1) is 8.93. The maximum absolute atomic E-state index is 11.9. The molecule has 1 aromatic rings. The van der Waals surface area contributed by atoms with Crippen LogP contribution in [0.5, 0.6) is 0 Å². The number of hydrogen-bond donors (Lipinski definition) is 2. The second kappa shape index (κ2) is 6.89. The van der Waals surface area contributed by atoms with Gasteiger partial charge in [0.15, 0.2) is 0 Å². The summed E-state index contributed by atoms with van der Waals surface area (Å²) in [6.07, 6.45) is 0.361. The molecule has 1 amide bonds. The summed E-state index contributed by atoms with van der Waals surface area (Å²) in [6.45, 7) is 2.52. The van der Waals surface area contributed by atoms with Crippen molar-refractivity contribution in [2.75, 3.05) is 14.1 Å². The van der Waals surface area contributed by atoms with Crippen LogP contribution >= 0.6 is 0 Å². The van der Waals surface area contributed by atoms with E-state index in [4.69, 9.17) is 5.11 Å². The minimum atomic E-state index is -1.01. The van der Waals surface area contributed by atoms with Gasteiger partial charge in [-0.15, -0.1) is 0 Å². The largest absolute Gasteiger partial charge is 0.480 e. The number of nitrogens with zero attached hydrogens (tertiary/aromatic N) is 1. The fourth-order valence-electron chi connectivity index (χ4n) is 1.71. The van der Waals surface area contributed by atoms with Gasteiger partial charge >= 0.3 is 5.97 Å². The van der Waals surface area contributed by atoms with Gasteiger partial charge in [-0.05, 0) is 38.2 Å². The van der Waals surface area contributed by atoms with Crippen LogP contribution in [0, 0.1) is 0 Å². The maximum Gasteiger partial charge on any atom is 0.326 e. The molecule has 2 N–H and O–H groups in total. The Hall–Kier alpha value is -1.88. The number of nitrogens with one attached hydrogen (secondary N) is 1. The zero-order valence-corrected chi connectivity index (χ0v) is 11.5. The van der Waals surface area contributed by atoms with E-state index in [0.29, 0.717) is 12.0 Å². The molecular formula is C14H20N2O3. The van der Waals surface area contributed by atoms with Gasteiger partial charge < -0.3 is 15.3 Å². The predicted octanol–water partition coefficient (Wildman–Crippen LogP) is 1.34. The minimum absolute atomic E-state index is 0.356. The van der Waals surface area contributed by atoms with Gasteiger partial charge in [-0.3, -0.25) is 4.79 Å². The highest BCUT2D eigenvalue weighted by Gasteiger charge is 2.18. The van der Waals surface area contributed by atoms with E-state index in [9.17, 15) is 9.59 Å². The summed E-state index contributed by atoms with van der Waals surface area (Å²) in [7, 11) is 3.94. The third kappa shape index (κ3) is 4.71. The van der Waals surface area contributed by atoms with Crippen LogP contribution in [0.2, 0.25) is 0 Å². The van der Waals surface area contributed by atoms with Crippen molar-refractivity contribution >= 4 is 11.9 Å². The first kappa shape index (κ1) is 15.2. The standard InChI is InChI=1S/C14H20N2O3/c1-4-12(14(18)19)15-13(17)11-7-5-10(6-8-11)9-16(2)3/h5-8,12H,4,9H2,1-3H3,(H,15,17)(H,18,19)/t12-/m1/s1. The molecule has 0 aliphatic rings. The number of carbonyl (C=O) groups is 2. The van der Waals surface area contributed by atoms with E-state index in [1.165, 1.54) is 0 Å². The van der Waals surface area contributed by atoms with E-state index >= 15 is 0 Å². The maximum atomic E-state index is 11.9. The zero-order valence-electron chi connectivity index (χ0n) is 11.5.